The minimum atomic E-state index is -4.33. The molecule has 1 N–H and O–H groups in total. The monoisotopic (exact) mass is 292 g/mol. The molecule has 108 valence electrons. The summed E-state index contributed by atoms with van der Waals surface area (Å²) in [6.45, 7) is 0. The third-order valence-corrected chi connectivity index (χ3v) is 3.23. The molecule has 3 aromatic rings. The van der Waals surface area contributed by atoms with Gasteiger partial charge in [-0.05, 0) is 29.8 Å². The highest BCUT2D eigenvalue weighted by molar-refractivity contribution is 5.48. The van der Waals surface area contributed by atoms with Crippen LogP contribution in [0.5, 0.6) is 5.75 Å². The lowest BCUT2D eigenvalue weighted by Crippen LogP contribution is -2.04. The van der Waals surface area contributed by atoms with Crippen LogP contribution >= 0.6 is 0 Å². The van der Waals surface area contributed by atoms with E-state index in [0.29, 0.717) is 12.2 Å². The number of fused-ring (bicyclic) bond motifs is 1. The van der Waals surface area contributed by atoms with Gasteiger partial charge in [0, 0.05) is 6.42 Å². The highest BCUT2D eigenvalue weighted by Gasteiger charge is 2.29. The van der Waals surface area contributed by atoms with Crippen molar-refractivity contribution in [3.63, 3.8) is 0 Å². The first-order chi connectivity index (χ1) is 9.93. The van der Waals surface area contributed by atoms with Crippen molar-refractivity contribution in [1.29, 1.82) is 0 Å². The Labute approximate surface area is 118 Å². The Hall–Kier alpha value is -2.50. The lowest BCUT2D eigenvalue weighted by atomic mass is 10.1. The van der Waals surface area contributed by atoms with E-state index in [-0.39, 0.29) is 5.75 Å². The maximum Gasteiger partial charge on any atom is 0.416 e. The summed E-state index contributed by atoms with van der Waals surface area (Å²) in [5.74, 6) is 0.759. The van der Waals surface area contributed by atoms with Crippen LogP contribution in [0.4, 0.5) is 13.2 Å². The lowest BCUT2D eigenvalue weighted by molar-refractivity contribution is -0.137. The number of aromatic hydroxyl groups is 1. The van der Waals surface area contributed by atoms with Gasteiger partial charge in [-0.1, -0.05) is 12.1 Å². The minimum Gasteiger partial charge on any atom is -0.506 e. The number of rotatable bonds is 2. The Bertz CT molecular complexity index is 776. The highest BCUT2D eigenvalue weighted by Crippen LogP contribution is 2.29. The van der Waals surface area contributed by atoms with E-state index in [1.807, 2.05) is 0 Å². The first-order valence-corrected chi connectivity index (χ1v) is 6.24. The first kappa shape index (κ1) is 13.5. The molecule has 3 rings (SSSR count). The van der Waals surface area contributed by atoms with Gasteiger partial charge in [0.15, 0.2) is 0 Å². The summed E-state index contributed by atoms with van der Waals surface area (Å²) >= 11 is 0. The van der Waals surface area contributed by atoms with Gasteiger partial charge in [-0.15, -0.1) is 0 Å². The molecular weight excluding hydrogens is 281 g/mol. The molecule has 6 heteroatoms. The zero-order valence-corrected chi connectivity index (χ0v) is 10.8. The van der Waals surface area contributed by atoms with E-state index in [1.54, 1.807) is 22.7 Å². The van der Waals surface area contributed by atoms with E-state index in [4.69, 9.17) is 0 Å². The van der Waals surface area contributed by atoms with E-state index in [2.05, 4.69) is 4.98 Å². The van der Waals surface area contributed by atoms with Gasteiger partial charge in [0.1, 0.15) is 11.6 Å². The van der Waals surface area contributed by atoms with Crippen LogP contribution in [0.15, 0.2) is 48.8 Å². The van der Waals surface area contributed by atoms with Crippen molar-refractivity contribution < 1.29 is 18.3 Å². The van der Waals surface area contributed by atoms with Gasteiger partial charge in [-0.3, -0.25) is 4.40 Å². The topological polar surface area (TPSA) is 37.5 Å². The van der Waals surface area contributed by atoms with Crippen molar-refractivity contribution in [3.05, 3.63) is 65.7 Å². The zero-order chi connectivity index (χ0) is 15.0. The lowest BCUT2D eigenvalue weighted by Gasteiger charge is -2.07. The van der Waals surface area contributed by atoms with Crippen molar-refractivity contribution in [1.82, 2.24) is 9.38 Å². The molecule has 0 aliphatic heterocycles. The summed E-state index contributed by atoms with van der Waals surface area (Å²) in [7, 11) is 0. The summed E-state index contributed by atoms with van der Waals surface area (Å²) in [4.78, 5) is 4.23. The quantitative estimate of drug-likeness (QED) is 0.783. The average molecular weight is 292 g/mol. The predicted octanol–water partition coefficient (Wildman–Crippen LogP) is 3.65. The molecule has 0 amide bonds. The van der Waals surface area contributed by atoms with Crippen LogP contribution in [0.25, 0.3) is 5.52 Å². The van der Waals surface area contributed by atoms with Crippen molar-refractivity contribution in [2.45, 2.75) is 12.6 Å². The highest BCUT2D eigenvalue weighted by atomic mass is 19.4. The number of hydrogen-bond donors (Lipinski definition) is 1. The normalized spacial score (nSPS) is 12.0. The van der Waals surface area contributed by atoms with Crippen LogP contribution in [-0.2, 0) is 12.6 Å². The van der Waals surface area contributed by atoms with Crippen LogP contribution in [0.3, 0.4) is 0 Å². The molecule has 0 saturated carbocycles. The Morgan fingerprint density at radius 1 is 1.05 bits per heavy atom. The summed E-state index contributed by atoms with van der Waals surface area (Å²) in [6, 6.07) is 8.27. The number of imidazole rings is 1. The SMILES string of the molecule is Oc1ccc2cnc(Cc3ccc(C(F)(F)F)cc3)n2c1. The van der Waals surface area contributed by atoms with Crippen LogP contribution in [0, 0.1) is 0 Å². The fourth-order valence-electron chi connectivity index (χ4n) is 2.16. The van der Waals surface area contributed by atoms with Crippen molar-refractivity contribution >= 4 is 5.52 Å². The Morgan fingerprint density at radius 3 is 2.43 bits per heavy atom. The second-order valence-electron chi connectivity index (χ2n) is 4.73. The number of aromatic nitrogens is 2. The molecule has 2 aromatic heterocycles. The maximum atomic E-state index is 12.5. The summed E-state index contributed by atoms with van der Waals surface area (Å²) in [6.07, 6.45) is -0.763. The second kappa shape index (κ2) is 4.80. The Morgan fingerprint density at radius 2 is 1.76 bits per heavy atom. The van der Waals surface area contributed by atoms with Gasteiger partial charge < -0.3 is 5.11 Å². The number of nitrogens with zero attached hydrogens (tertiary/aromatic N) is 2. The van der Waals surface area contributed by atoms with E-state index < -0.39 is 11.7 Å². The summed E-state index contributed by atoms with van der Waals surface area (Å²) < 4.78 is 39.2. The van der Waals surface area contributed by atoms with Crippen LogP contribution < -0.4 is 0 Å². The van der Waals surface area contributed by atoms with Gasteiger partial charge in [-0.2, -0.15) is 13.2 Å². The van der Waals surface area contributed by atoms with E-state index >= 15 is 0 Å². The number of halogens is 3. The number of benzene rings is 1. The van der Waals surface area contributed by atoms with Gasteiger partial charge in [0.2, 0.25) is 0 Å². The molecule has 0 unspecified atom stereocenters. The standard InChI is InChI=1S/C15H11F3N2O/c16-15(17,18)11-3-1-10(2-4-11)7-14-19-8-12-5-6-13(21)9-20(12)14/h1-6,8-9,21H,7H2. The van der Waals surface area contributed by atoms with Crippen LogP contribution in [-0.4, -0.2) is 14.5 Å². The fraction of sp³-hybridized carbons (Fsp3) is 0.133. The van der Waals surface area contributed by atoms with Crippen molar-refractivity contribution in [2.75, 3.05) is 0 Å². The van der Waals surface area contributed by atoms with E-state index in [0.717, 1.165) is 23.2 Å². The van der Waals surface area contributed by atoms with Gasteiger partial charge in [-0.25, -0.2) is 4.98 Å². The van der Waals surface area contributed by atoms with E-state index in [9.17, 15) is 18.3 Å². The Kier molecular flexibility index (Phi) is 3.08. The smallest absolute Gasteiger partial charge is 0.416 e. The summed E-state index contributed by atoms with van der Waals surface area (Å²) in [5, 5.41) is 9.49. The van der Waals surface area contributed by atoms with Gasteiger partial charge in [0.25, 0.3) is 0 Å². The molecule has 21 heavy (non-hydrogen) atoms. The van der Waals surface area contributed by atoms with Crippen molar-refractivity contribution in [2.24, 2.45) is 0 Å². The molecule has 0 aliphatic carbocycles. The number of alkyl halides is 3. The molecule has 0 saturated heterocycles. The molecular formula is C15H11F3N2O. The average Bonchev–Trinajstić information content (AvgIpc) is 2.81. The zero-order valence-electron chi connectivity index (χ0n) is 10.8. The van der Waals surface area contributed by atoms with Gasteiger partial charge >= 0.3 is 6.18 Å². The third kappa shape index (κ3) is 2.69. The Balaban J connectivity index is 1.90. The number of pyridine rings is 1. The maximum absolute atomic E-state index is 12.5. The van der Waals surface area contributed by atoms with Crippen molar-refractivity contribution in [3.8, 4) is 5.75 Å². The predicted molar refractivity (Wildman–Crippen MR) is 71.1 cm³/mol. The van der Waals surface area contributed by atoms with Gasteiger partial charge in [0.05, 0.1) is 23.5 Å². The molecule has 2 heterocycles. The molecule has 0 radical (unpaired) electrons. The molecule has 0 fully saturated rings. The first-order valence-electron chi connectivity index (χ1n) is 6.24. The minimum absolute atomic E-state index is 0.106. The molecule has 1 aromatic carbocycles. The molecule has 3 nitrogen and oxygen atoms in total. The van der Waals surface area contributed by atoms with Crippen LogP contribution in [0.2, 0.25) is 0 Å². The largest absolute Gasteiger partial charge is 0.506 e. The molecule has 0 bridgehead atoms. The molecule has 0 aliphatic rings. The van der Waals surface area contributed by atoms with Crippen LogP contribution in [0.1, 0.15) is 17.0 Å². The molecule has 0 spiro atoms. The fourth-order valence-corrected chi connectivity index (χ4v) is 2.16. The van der Waals surface area contributed by atoms with E-state index in [1.165, 1.54) is 18.3 Å². The second-order valence-corrected chi connectivity index (χ2v) is 4.73. The summed E-state index contributed by atoms with van der Waals surface area (Å²) in [5.41, 5.74) is 0.866. The number of hydrogen-bond acceptors (Lipinski definition) is 2. The third-order valence-electron chi connectivity index (χ3n) is 3.23. The molecule has 0 atom stereocenters.